The molecule has 1 fully saturated rings. The summed E-state index contributed by atoms with van der Waals surface area (Å²) in [5, 5.41) is 9.95. The van der Waals surface area contributed by atoms with Crippen LogP contribution in [-0.4, -0.2) is 30.8 Å². The van der Waals surface area contributed by atoms with Crippen LogP contribution in [0.1, 0.15) is 0 Å². The van der Waals surface area contributed by atoms with Crippen LogP contribution < -0.4 is 5.84 Å². The smallest absolute Gasteiger partial charge is 0.158 e. The van der Waals surface area contributed by atoms with Crippen molar-refractivity contribution in [2.45, 2.75) is 6.10 Å². The Morgan fingerprint density at radius 2 is 2.56 bits per heavy atom. The molecule has 0 aromatic rings. The Hall–Kier alpha value is -0.630. The third-order valence-electron chi connectivity index (χ3n) is 1.24. The van der Waals surface area contributed by atoms with Crippen LogP contribution in [0.2, 0.25) is 0 Å². The number of nitrogens with zero attached hydrogens (tertiary/aromatic N) is 2. The van der Waals surface area contributed by atoms with E-state index in [0.717, 1.165) is 6.54 Å². The van der Waals surface area contributed by atoms with Gasteiger partial charge in [0.15, 0.2) is 6.10 Å². The lowest BCUT2D eigenvalue weighted by atomic mass is 10.3. The highest BCUT2D eigenvalue weighted by Gasteiger charge is 2.16. The molecule has 1 heterocycles. The third-order valence-corrected chi connectivity index (χ3v) is 1.24. The summed E-state index contributed by atoms with van der Waals surface area (Å²) in [5.74, 6) is 5.40. The molecule has 0 bridgehead atoms. The first-order valence-electron chi connectivity index (χ1n) is 2.84. The summed E-state index contributed by atoms with van der Waals surface area (Å²) in [5.41, 5.74) is 0. The molecule has 0 aliphatic carbocycles. The second kappa shape index (κ2) is 2.78. The number of nitrogens with two attached hydrogens (primary N) is 1. The van der Waals surface area contributed by atoms with E-state index in [1.54, 1.807) is 5.01 Å². The van der Waals surface area contributed by atoms with E-state index >= 15 is 0 Å². The molecule has 50 valence electrons. The minimum atomic E-state index is -0.330. The van der Waals surface area contributed by atoms with Crippen molar-refractivity contribution in [1.29, 1.82) is 5.26 Å². The largest absolute Gasteiger partial charge is 0.360 e. The standard InChI is InChI=1S/C5H9N3O/c6-3-5-4-8(7)1-2-9-5/h5H,1-2,4,7H2. The zero-order valence-corrected chi connectivity index (χ0v) is 5.08. The van der Waals surface area contributed by atoms with Crippen molar-refractivity contribution >= 4 is 0 Å². The van der Waals surface area contributed by atoms with Crippen LogP contribution in [0.5, 0.6) is 0 Å². The summed E-state index contributed by atoms with van der Waals surface area (Å²) in [4.78, 5) is 0. The minimum absolute atomic E-state index is 0.330. The van der Waals surface area contributed by atoms with Crippen LogP contribution in [0.15, 0.2) is 0 Å². The summed E-state index contributed by atoms with van der Waals surface area (Å²) >= 11 is 0. The molecule has 1 rings (SSSR count). The molecule has 0 spiro atoms. The number of hydrogen-bond donors (Lipinski definition) is 1. The van der Waals surface area contributed by atoms with Gasteiger partial charge >= 0.3 is 0 Å². The number of ether oxygens (including phenoxy) is 1. The van der Waals surface area contributed by atoms with Gasteiger partial charge in [0.05, 0.1) is 19.2 Å². The van der Waals surface area contributed by atoms with Crippen LogP contribution in [0.25, 0.3) is 0 Å². The Kier molecular flexibility index (Phi) is 2.01. The molecule has 1 aliphatic heterocycles. The number of hydrazine groups is 1. The third kappa shape index (κ3) is 1.64. The highest BCUT2D eigenvalue weighted by Crippen LogP contribution is 1.98. The Balaban J connectivity index is 2.34. The topological polar surface area (TPSA) is 62.3 Å². The first-order valence-corrected chi connectivity index (χ1v) is 2.84. The number of hydrogen-bond acceptors (Lipinski definition) is 4. The average molecular weight is 127 g/mol. The molecule has 1 saturated heterocycles. The van der Waals surface area contributed by atoms with E-state index in [1.807, 2.05) is 6.07 Å². The second-order valence-corrected chi connectivity index (χ2v) is 1.98. The highest BCUT2D eigenvalue weighted by molar-refractivity contribution is 4.87. The van der Waals surface area contributed by atoms with Gasteiger partial charge in [0.1, 0.15) is 0 Å². The average Bonchev–Trinajstić information content (AvgIpc) is 1.88. The van der Waals surface area contributed by atoms with Gasteiger partial charge in [0, 0.05) is 6.54 Å². The lowest BCUT2D eigenvalue weighted by Crippen LogP contribution is -2.45. The zero-order valence-electron chi connectivity index (χ0n) is 5.08. The van der Waals surface area contributed by atoms with Gasteiger partial charge in [-0.05, 0) is 0 Å². The predicted molar refractivity (Wildman–Crippen MR) is 31.1 cm³/mol. The van der Waals surface area contributed by atoms with Gasteiger partial charge in [-0.15, -0.1) is 0 Å². The Bertz CT molecular complexity index is 131. The normalized spacial score (nSPS) is 29.6. The summed E-state index contributed by atoms with van der Waals surface area (Å²) < 4.78 is 5.01. The fourth-order valence-corrected chi connectivity index (χ4v) is 0.747. The van der Waals surface area contributed by atoms with Crippen molar-refractivity contribution in [2.24, 2.45) is 5.84 Å². The van der Waals surface area contributed by atoms with Gasteiger partial charge in [0.2, 0.25) is 0 Å². The fourth-order valence-electron chi connectivity index (χ4n) is 0.747. The summed E-state index contributed by atoms with van der Waals surface area (Å²) in [6.07, 6.45) is -0.330. The highest BCUT2D eigenvalue weighted by atomic mass is 16.5. The van der Waals surface area contributed by atoms with Crippen LogP contribution in [0.3, 0.4) is 0 Å². The molecule has 1 atom stereocenters. The van der Waals surface area contributed by atoms with E-state index in [4.69, 9.17) is 15.8 Å². The fraction of sp³-hybridized carbons (Fsp3) is 0.800. The van der Waals surface area contributed by atoms with Gasteiger partial charge in [-0.2, -0.15) is 5.26 Å². The molecular weight excluding hydrogens is 118 g/mol. The molecule has 4 nitrogen and oxygen atoms in total. The SMILES string of the molecule is N#CC1CN(N)CCO1. The summed E-state index contributed by atoms with van der Waals surface area (Å²) in [6, 6.07) is 1.99. The van der Waals surface area contributed by atoms with Gasteiger partial charge in [-0.3, -0.25) is 5.84 Å². The first-order chi connectivity index (χ1) is 4.33. The van der Waals surface area contributed by atoms with Crippen molar-refractivity contribution in [3.05, 3.63) is 0 Å². The number of rotatable bonds is 0. The van der Waals surface area contributed by atoms with Crippen LogP contribution >= 0.6 is 0 Å². The molecule has 4 heteroatoms. The lowest BCUT2D eigenvalue weighted by molar-refractivity contribution is 0.000268. The molecule has 0 aromatic carbocycles. The van der Waals surface area contributed by atoms with Gasteiger partial charge in [0.25, 0.3) is 0 Å². The minimum Gasteiger partial charge on any atom is -0.360 e. The number of nitriles is 1. The van der Waals surface area contributed by atoms with Crippen molar-refractivity contribution in [2.75, 3.05) is 19.7 Å². The van der Waals surface area contributed by atoms with Crippen LogP contribution in [0, 0.1) is 11.3 Å². The molecule has 1 unspecified atom stereocenters. The van der Waals surface area contributed by atoms with Crippen molar-refractivity contribution < 1.29 is 4.74 Å². The van der Waals surface area contributed by atoms with Gasteiger partial charge in [-0.1, -0.05) is 0 Å². The molecule has 1 aliphatic rings. The van der Waals surface area contributed by atoms with Crippen molar-refractivity contribution in [1.82, 2.24) is 5.01 Å². The van der Waals surface area contributed by atoms with E-state index < -0.39 is 0 Å². The Morgan fingerprint density at radius 1 is 1.78 bits per heavy atom. The lowest BCUT2D eigenvalue weighted by Gasteiger charge is -2.24. The summed E-state index contributed by atoms with van der Waals surface area (Å²) in [7, 11) is 0. The molecule has 0 radical (unpaired) electrons. The molecular formula is C5H9N3O. The van der Waals surface area contributed by atoms with Crippen LogP contribution in [0.4, 0.5) is 0 Å². The Morgan fingerprint density at radius 3 is 3.00 bits per heavy atom. The monoisotopic (exact) mass is 127 g/mol. The Labute approximate surface area is 53.8 Å². The van der Waals surface area contributed by atoms with Crippen LogP contribution in [-0.2, 0) is 4.74 Å². The maximum absolute atomic E-state index is 8.35. The molecule has 0 saturated carbocycles. The zero-order chi connectivity index (χ0) is 6.69. The maximum Gasteiger partial charge on any atom is 0.158 e. The molecule has 0 amide bonds. The van der Waals surface area contributed by atoms with E-state index in [-0.39, 0.29) is 6.10 Å². The maximum atomic E-state index is 8.35. The van der Waals surface area contributed by atoms with Crippen molar-refractivity contribution in [3.63, 3.8) is 0 Å². The molecule has 9 heavy (non-hydrogen) atoms. The van der Waals surface area contributed by atoms with Gasteiger partial charge in [-0.25, -0.2) is 5.01 Å². The van der Waals surface area contributed by atoms with E-state index in [1.165, 1.54) is 0 Å². The number of morpholine rings is 1. The summed E-state index contributed by atoms with van der Waals surface area (Å²) in [6.45, 7) is 1.81. The predicted octanol–water partition coefficient (Wildman–Crippen LogP) is -0.916. The first kappa shape index (κ1) is 6.49. The second-order valence-electron chi connectivity index (χ2n) is 1.98. The van der Waals surface area contributed by atoms with E-state index in [2.05, 4.69) is 0 Å². The van der Waals surface area contributed by atoms with E-state index in [0.29, 0.717) is 13.2 Å². The van der Waals surface area contributed by atoms with Gasteiger partial charge < -0.3 is 4.74 Å². The molecule has 0 aromatic heterocycles. The van der Waals surface area contributed by atoms with E-state index in [9.17, 15) is 0 Å². The molecule has 2 N–H and O–H groups in total. The van der Waals surface area contributed by atoms with Crippen molar-refractivity contribution in [3.8, 4) is 6.07 Å². The quantitative estimate of drug-likeness (QED) is 0.428.